The Morgan fingerprint density at radius 1 is 1.21 bits per heavy atom. The summed E-state index contributed by atoms with van der Waals surface area (Å²) in [5.41, 5.74) is 1.07. The lowest BCUT2D eigenvalue weighted by Crippen LogP contribution is -2.47. The van der Waals surface area contributed by atoms with Gasteiger partial charge in [-0.3, -0.25) is 9.69 Å². The molecule has 3 rings (SSSR count). The minimum Gasteiger partial charge on any atom is -0.374 e. The van der Waals surface area contributed by atoms with Crippen molar-refractivity contribution in [3.05, 3.63) is 69.2 Å². The first-order chi connectivity index (χ1) is 13.4. The number of hydrogen-bond acceptors (Lipinski definition) is 3. The summed E-state index contributed by atoms with van der Waals surface area (Å²) in [4.78, 5) is 14.3. The molecule has 0 aliphatic carbocycles. The molecule has 1 aliphatic heterocycles. The number of halogens is 4. The molecule has 28 heavy (non-hydrogen) atoms. The molecule has 1 fully saturated rings. The molecule has 1 heterocycles. The number of benzene rings is 2. The summed E-state index contributed by atoms with van der Waals surface area (Å²) in [6.07, 6.45) is -0.402. The number of morpholine rings is 1. The van der Waals surface area contributed by atoms with Gasteiger partial charge in [0.15, 0.2) is 11.6 Å². The number of amides is 1. The number of carbonyl (C=O) groups excluding carboxylic acids is 1. The van der Waals surface area contributed by atoms with Gasteiger partial charge < -0.3 is 10.1 Å². The Bertz CT molecular complexity index is 851. The maximum atomic E-state index is 13.7. The zero-order valence-corrected chi connectivity index (χ0v) is 16.6. The molecule has 1 unspecified atom stereocenters. The second kappa shape index (κ2) is 9.65. The number of carbonyl (C=O) groups is 1. The van der Waals surface area contributed by atoms with Gasteiger partial charge in [0.2, 0.25) is 5.91 Å². The monoisotopic (exact) mass is 428 g/mol. The SMILES string of the molecule is O=C(Cc1cccc(F)c1F)NCC1CN(Cc2ccc(Cl)c(Cl)c2)CCO1. The number of hydrogen-bond donors (Lipinski definition) is 1. The Morgan fingerprint density at radius 3 is 2.82 bits per heavy atom. The van der Waals surface area contributed by atoms with Gasteiger partial charge in [-0.05, 0) is 23.8 Å². The van der Waals surface area contributed by atoms with Crippen LogP contribution in [0.4, 0.5) is 8.78 Å². The van der Waals surface area contributed by atoms with E-state index < -0.39 is 11.6 Å². The summed E-state index contributed by atoms with van der Waals surface area (Å²) in [5.74, 6) is -2.33. The van der Waals surface area contributed by atoms with Gasteiger partial charge in [0.1, 0.15) is 0 Å². The molecule has 8 heteroatoms. The predicted octanol–water partition coefficient (Wildman–Crippen LogP) is 3.83. The Hall–Kier alpha value is -1.73. The number of ether oxygens (including phenoxy) is 1. The van der Waals surface area contributed by atoms with Crippen LogP contribution >= 0.6 is 23.2 Å². The molecule has 0 spiro atoms. The van der Waals surface area contributed by atoms with Crippen molar-refractivity contribution in [3.8, 4) is 0 Å². The second-order valence-electron chi connectivity index (χ2n) is 6.67. The third-order valence-corrected chi connectivity index (χ3v) is 5.26. The van der Waals surface area contributed by atoms with E-state index >= 15 is 0 Å². The van der Waals surface area contributed by atoms with E-state index in [9.17, 15) is 13.6 Å². The van der Waals surface area contributed by atoms with Gasteiger partial charge in [-0.15, -0.1) is 0 Å². The Morgan fingerprint density at radius 2 is 2.04 bits per heavy atom. The molecule has 1 amide bonds. The lowest BCUT2D eigenvalue weighted by Gasteiger charge is -2.33. The van der Waals surface area contributed by atoms with Gasteiger partial charge in [-0.2, -0.15) is 0 Å². The highest BCUT2D eigenvalue weighted by Crippen LogP contribution is 2.23. The van der Waals surface area contributed by atoms with E-state index in [0.29, 0.717) is 36.3 Å². The maximum Gasteiger partial charge on any atom is 0.224 e. The molecule has 2 aromatic rings. The standard InChI is InChI=1S/C20H20Cl2F2N2O2/c21-16-5-4-13(8-17(16)22)11-26-6-7-28-15(12-26)10-25-19(27)9-14-2-1-3-18(23)20(14)24/h1-5,8,15H,6-7,9-12H2,(H,25,27). The molecule has 1 N–H and O–H groups in total. The van der Waals surface area contributed by atoms with Crippen molar-refractivity contribution in [1.82, 2.24) is 10.2 Å². The van der Waals surface area contributed by atoms with Crippen LogP contribution in [0.3, 0.4) is 0 Å². The lowest BCUT2D eigenvalue weighted by atomic mass is 10.1. The van der Waals surface area contributed by atoms with E-state index in [2.05, 4.69) is 10.2 Å². The molecule has 4 nitrogen and oxygen atoms in total. The predicted molar refractivity (Wildman–Crippen MR) is 105 cm³/mol. The van der Waals surface area contributed by atoms with Gasteiger partial charge in [-0.1, -0.05) is 41.4 Å². The second-order valence-corrected chi connectivity index (χ2v) is 7.48. The minimum absolute atomic E-state index is 0.0308. The highest BCUT2D eigenvalue weighted by atomic mass is 35.5. The van der Waals surface area contributed by atoms with Gasteiger partial charge in [-0.25, -0.2) is 8.78 Å². The zero-order valence-electron chi connectivity index (χ0n) is 15.1. The van der Waals surface area contributed by atoms with E-state index in [1.54, 1.807) is 6.07 Å². The van der Waals surface area contributed by atoms with Gasteiger partial charge >= 0.3 is 0 Å². The molecule has 0 bridgehead atoms. The van der Waals surface area contributed by atoms with Crippen molar-refractivity contribution in [3.63, 3.8) is 0 Å². The minimum atomic E-state index is -0.987. The third-order valence-electron chi connectivity index (χ3n) is 4.52. The summed E-state index contributed by atoms with van der Waals surface area (Å²) < 4.78 is 32.6. The quantitative estimate of drug-likeness (QED) is 0.759. The first kappa shape index (κ1) is 21.0. The maximum absolute atomic E-state index is 13.7. The van der Waals surface area contributed by atoms with Crippen LogP contribution < -0.4 is 5.32 Å². The Labute approximate surface area is 172 Å². The van der Waals surface area contributed by atoms with Crippen molar-refractivity contribution >= 4 is 29.1 Å². The molecule has 1 aliphatic rings. The van der Waals surface area contributed by atoms with Crippen molar-refractivity contribution < 1.29 is 18.3 Å². The van der Waals surface area contributed by atoms with Crippen LogP contribution in [-0.2, 0) is 22.5 Å². The highest BCUT2D eigenvalue weighted by Gasteiger charge is 2.21. The van der Waals surface area contributed by atoms with Crippen LogP contribution in [0.5, 0.6) is 0 Å². The number of rotatable bonds is 6. The largest absolute Gasteiger partial charge is 0.374 e. The molecule has 1 saturated heterocycles. The fraction of sp³-hybridized carbons (Fsp3) is 0.350. The fourth-order valence-electron chi connectivity index (χ4n) is 3.09. The molecule has 2 aromatic carbocycles. The molecule has 0 aromatic heterocycles. The van der Waals surface area contributed by atoms with Crippen molar-refractivity contribution in [2.24, 2.45) is 0 Å². The van der Waals surface area contributed by atoms with Crippen molar-refractivity contribution in [2.45, 2.75) is 19.1 Å². The third kappa shape index (κ3) is 5.64. The topological polar surface area (TPSA) is 41.6 Å². The molecule has 150 valence electrons. The van der Waals surface area contributed by atoms with Crippen LogP contribution in [0, 0.1) is 11.6 Å². The molecule has 0 saturated carbocycles. The molecular weight excluding hydrogens is 409 g/mol. The molecule has 1 atom stereocenters. The van der Waals surface area contributed by atoms with E-state index in [1.165, 1.54) is 12.1 Å². The first-order valence-electron chi connectivity index (χ1n) is 8.90. The van der Waals surface area contributed by atoms with E-state index in [0.717, 1.165) is 18.2 Å². The van der Waals surface area contributed by atoms with Crippen LogP contribution in [0.2, 0.25) is 10.0 Å². The summed E-state index contributed by atoms with van der Waals surface area (Å²) >= 11 is 12.0. The van der Waals surface area contributed by atoms with Gasteiger partial charge in [0, 0.05) is 31.7 Å². The van der Waals surface area contributed by atoms with Gasteiger partial charge in [0.05, 0.1) is 29.2 Å². The van der Waals surface area contributed by atoms with E-state index in [-0.39, 0.29) is 24.0 Å². The van der Waals surface area contributed by atoms with E-state index in [1.807, 2.05) is 12.1 Å². The van der Waals surface area contributed by atoms with Crippen molar-refractivity contribution in [1.29, 1.82) is 0 Å². The zero-order chi connectivity index (χ0) is 20.1. The Kier molecular flexibility index (Phi) is 7.24. The fourth-order valence-corrected chi connectivity index (χ4v) is 3.41. The Balaban J connectivity index is 1.48. The van der Waals surface area contributed by atoms with E-state index in [4.69, 9.17) is 27.9 Å². The number of nitrogens with zero attached hydrogens (tertiary/aromatic N) is 1. The highest BCUT2D eigenvalue weighted by molar-refractivity contribution is 6.42. The summed E-state index contributed by atoms with van der Waals surface area (Å²) in [7, 11) is 0. The molecular formula is C20H20Cl2F2N2O2. The summed E-state index contributed by atoms with van der Waals surface area (Å²) in [6.45, 7) is 2.93. The van der Waals surface area contributed by atoms with Gasteiger partial charge in [0.25, 0.3) is 0 Å². The molecule has 0 radical (unpaired) electrons. The first-order valence-corrected chi connectivity index (χ1v) is 9.65. The lowest BCUT2D eigenvalue weighted by molar-refractivity contribution is -0.121. The number of nitrogens with one attached hydrogen (secondary N) is 1. The summed E-state index contributed by atoms with van der Waals surface area (Å²) in [6, 6.07) is 9.33. The average Bonchev–Trinajstić information content (AvgIpc) is 2.67. The van der Waals surface area contributed by atoms with Crippen LogP contribution in [0.1, 0.15) is 11.1 Å². The van der Waals surface area contributed by atoms with Crippen LogP contribution in [0.15, 0.2) is 36.4 Å². The van der Waals surface area contributed by atoms with Crippen LogP contribution in [0.25, 0.3) is 0 Å². The van der Waals surface area contributed by atoms with Crippen molar-refractivity contribution in [2.75, 3.05) is 26.2 Å². The smallest absolute Gasteiger partial charge is 0.224 e. The van der Waals surface area contributed by atoms with Crippen LogP contribution in [-0.4, -0.2) is 43.2 Å². The average molecular weight is 429 g/mol. The normalized spacial score (nSPS) is 17.5. The summed E-state index contributed by atoms with van der Waals surface area (Å²) in [5, 5.41) is 3.76.